The smallest absolute Gasteiger partial charge is 0.269 e. The Hall–Kier alpha value is -3.22. The van der Waals surface area contributed by atoms with Gasteiger partial charge in [0.25, 0.3) is 5.69 Å². The van der Waals surface area contributed by atoms with Gasteiger partial charge in [0.1, 0.15) is 5.82 Å². The first-order chi connectivity index (χ1) is 12.2. The quantitative estimate of drug-likeness (QED) is 0.541. The van der Waals surface area contributed by atoms with Crippen LogP contribution in [0.4, 0.5) is 17.2 Å². The molecule has 2 aromatic carbocycles. The van der Waals surface area contributed by atoms with E-state index in [-0.39, 0.29) is 10.6 Å². The van der Waals surface area contributed by atoms with Gasteiger partial charge in [0.05, 0.1) is 22.2 Å². The third kappa shape index (κ3) is 3.08. The van der Waals surface area contributed by atoms with Crippen molar-refractivity contribution in [2.75, 3.05) is 36.0 Å². The van der Waals surface area contributed by atoms with Gasteiger partial charge in [-0.1, -0.05) is 12.1 Å². The molecular formula is C18H17N5O2. The number of nitrogens with zero attached hydrogens (tertiary/aromatic N) is 5. The number of piperazine rings is 1. The molecule has 1 saturated heterocycles. The number of hydrogen-bond acceptors (Lipinski definition) is 6. The van der Waals surface area contributed by atoms with Gasteiger partial charge in [-0.25, -0.2) is 4.98 Å². The van der Waals surface area contributed by atoms with Crippen molar-refractivity contribution in [3.63, 3.8) is 0 Å². The average molecular weight is 335 g/mol. The number of nitro groups is 1. The fourth-order valence-corrected chi connectivity index (χ4v) is 3.08. The molecule has 3 aromatic rings. The van der Waals surface area contributed by atoms with E-state index in [1.54, 1.807) is 12.1 Å². The summed E-state index contributed by atoms with van der Waals surface area (Å²) in [6, 6.07) is 14.6. The number of benzene rings is 2. The van der Waals surface area contributed by atoms with Crippen LogP contribution < -0.4 is 9.80 Å². The highest BCUT2D eigenvalue weighted by Gasteiger charge is 2.19. The second-order valence-electron chi connectivity index (χ2n) is 5.96. The molecule has 4 rings (SSSR count). The molecule has 2 heterocycles. The molecule has 7 nitrogen and oxygen atoms in total. The molecule has 126 valence electrons. The summed E-state index contributed by atoms with van der Waals surface area (Å²) < 4.78 is 0. The van der Waals surface area contributed by atoms with E-state index in [2.05, 4.69) is 14.8 Å². The van der Waals surface area contributed by atoms with Crippen molar-refractivity contribution < 1.29 is 4.92 Å². The molecule has 0 N–H and O–H groups in total. The molecule has 0 saturated carbocycles. The zero-order valence-electron chi connectivity index (χ0n) is 13.6. The molecule has 1 aliphatic heterocycles. The lowest BCUT2D eigenvalue weighted by Gasteiger charge is -2.36. The summed E-state index contributed by atoms with van der Waals surface area (Å²) in [5.41, 5.74) is 2.93. The van der Waals surface area contributed by atoms with Crippen LogP contribution in [0.5, 0.6) is 0 Å². The molecular weight excluding hydrogens is 318 g/mol. The normalized spacial score (nSPS) is 14.7. The third-order valence-corrected chi connectivity index (χ3v) is 4.47. The molecule has 1 aromatic heterocycles. The van der Waals surface area contributed by atoms with Crippen LogP contribution in [0.2, 0.25) is 0 Å². The summed E-state index contributed by atoms with van der Waals surface area (Å²) in [6.07, 6.45) is 1.82. The molecule has 0 unspecified atom stereocenters. The van der Waals surface area contributed by atoms with Crippen LogP contribution in [0, 0.1) is 10.1 Å². The Kier molecular flexibility index (Phi) is 3.89. The van der Waals surface area contributed by atoms with Gasteiger partial charge in [-0.05, 0) is 24.3 Å². The SMILES string of the molecule is O=[N+]([O-])c1ccc(N2CCN(c3cnc4ccccc4n3)CC2)cc1. The fourth-order valence-electron chi connectivity index (χ4n) is 3.08. The summed E-state index contributed by atoms with van der Waals surface area (Å²) in [5.74, 6) is 0.891. The van der Waals surface area contributed by atoms with Crippen molar-refractivity contribution in [1.29, 1.82) is 0 Å². The zero-order chi connectivity index (χ0) is 17.2. The molecule has 0 aliphatic carbocycles. The summed E-state index contributed by atoms with van der Waals surface area (Å²) in [7, 11) is 0. The predicted octanol–water partition coefficient (Wildman–Crippen LogP) is 2.86. The largest absolute Gasteiger partial charge is 0.368 e. The van der Waals surface area contributed by atoms with Crippen molar-refractivity contribution in [3.8, 4) is 0 Å². The molecule has 0 spiro atoms. The topological polar surface area (TPSA) is 75.4 Å². The molecule has 0 bridgehead atoms. The second-order valence-corrected chi connectivity index (χ2v) is 5.96. The first kappa shape index (κ1) is 15.3. The maximum absolute atomic E-state index is 10.8. The Morgan fingerprint density at radius 3 is 2.20 bits per heavy atom. The average Bonchev–Trinajstić information content (AvgIpc) is 2.68. The van der Waals surface area contributed by atoms with Gasteiger partial charge >= 0.3 is 0 Å². The van der Waals surface area contributed by atoms with Crippen molar-refractivity contribution in [2.45, 2.75) is 0 Å². The number of para-hydroxylation sites is 2. The zero-order valence-corrected chi connectivity index (χ0v) is 13.6. The lowest BCUT2D eigenvalue weighted by molar-refractivity contribution is -0.384. The van der Waals surface area contributed by atoms with E-state index in [9.17, 15) is 10.1 Å². The Labute approximate surface area is 144 Å². The number of rotatable bonds is 3. The minimum absolute atomic E-state index is 0.119. The second kappa shape index (κ2) is 6.35. The molecule has 1 fully saturated rings. The first-order valence-corrected chi connectivity index (χ1v) is 8.17. The Morgan fingerprint density at radius 1 is 0.880 bits per heavy atom. The van der Waals surface area contributed by atoms with E-state index >= 15 is 0 Å². The summed E-state index contributed by atoms with van der Waals surface area (Å²) in [4.78, 5) is 24.0. The van der Waals surface area contributed by atoms with Gasteiger partial charge in [0.2, 0.25) is 0 Å². The van der Waals surface area contributed by atoms with Crippen LogP contribution in [0.25, 0.3) is 11.0 Å². The van der Waals surface area contributed by atoms with Crippen LogP contribution in [0.15, 0.2) is 54.7 Å². The van der Waals surface area contributed by atoms with Crippen molar-refractivity contribution in [1.82, 2.24) is 9.97 Å². The van der Waals surface area contributed by atoms with Gasteiger partial charge in [-0.2, -0.15) is 0 Å². The van der Waals surface area contributed by atoms with Crippen LogP contribution >= 0.6 is 0 Å². The van der Waals surface area contributed by atoms with Gasteiger partial charge in [-0.15, -0.1) is 0 Å². The molecule has 0 atom stereocenters. The molecule has 0 radical (unpaired) electrons. The van der Waals surface area contributed by atoms with E-state index in [1.807, 2.05) is 42.6 Å². The van der Waals surface area contributed by atoms with Gasteiger partial charge in [-0.3, -0.25) is 15.1 Å². The van der Waals surface area contributed by atoms with Crippen molar-refractivity contribution in [3.05, 3.63) is 64.8 Å². The minimum Gasteiger partial charge on any atom is -0.368 e. The lowest BCUT2D eigenvalue weighted by Crippen LogP contribution is -2.46. The minimum atomic E-state index is -0.375. The highest BCUT2D eigenvalue weighted by atomic mass is 16.6. The first-order valence-electron chi connectivity index (χ1n) is 8.17. The number of aromatic nitrogens is 2. The Balaban J connectivity index is 1.46. The van der Waals surface area contributed by atoms with E-state index in [0.717, 1.165) is 48.7 Å². The van der Waals surface area contributed by atoms with Crippen LogP contribution in [0.1, 0.15) is 0 Å². The van der Waals surface area contributed by atoms with E-state index in [1.165, 1.54) is 0 Å². The monoisotopic (exact) mass is 335 g/mol. The van der Waals surface area contributed by atoms with E-state index in [4.69, 9.17) is 4.98 Å². The summed E-state index contributed by atoms with van der Waals surface area (Å²) >= 11 is 0. The summed E-state index contributed by atoms with van der Waals surface area (Å²) in [5, 5.41) is 10.8. The van der Waals surface area contributed by atoms with E-state index < -0.39 is 0 Å². The Bertz CT molecular complexity index is 905. The van der Waals surface area contributed by atoms with Gasteiger partial charge in [0.15, 0.2) is 0 Å². The van der Waals surface area contributed by atoms with Gasteiger partial charge < -0.3 is 9.80 Å². The highest BCUT2D eigenvalue weighted by Crippen LogP contribution is 2.22. The maximum atomic E-state index is 10.8. The number of non-ortho nitro benzene ring substituents is 1. The third-order valence-electron chi connectivity index (χ3n) is 4.47. The fraction of sp³-hybridized carbons (Fsp3) is 0.222. The van der Waals surface area contributed by atoms with Crippen LogP contribution in [0.3, 0.4) is 0 Å². The summed E-state index contributed by atoms with van der Waals surface area (Å²) in [6.45, 7) is 3.35. The van der Waals surface area contributed by atoms with Gasteiger partial charge in [0, 0.05) is 44.0 Å². The number of nitro benzene ring substituents is 1. The van der Waals surface area contributed by atoms with Crippen molar-refractivity contribution >= 4 is 28.2 Å². The Morgan fingerprint density at radius 2 is 1.52 bits per heavy atom. The standard InChI is InChI=1S/C18H17N5O2/c24-23(25)15-7-5-14(6-8-15)21-9-11-22(12-10-21)18-13-19-16-3-1-2-4-17(16)20-18/h1-8,13H,9-12H2. The van der Waals surface area contributed by atoms with E-state index in [0.29, 0.717) is 0 Å². The molecule has 7 heteroatoms. The predicted molar refractivity (Wildman–Crippen MR) is 97.1 cm³/mol. The lowest BCUT2D eigenvalue weighted by atomic mass is 10.2. The highest BCUT2D eigenvalue weighted by molar-refractivity contribution is 5.75. The van der Waals surface area contributed by atoms with Crippen LogP contribution in [-0.4, -0.2) is 41.1 Å². The number of anilines is 2. The van der Waals surface area contributed by atoms with Crippen LogP contribution in [-0.2, 0) is 0 Å². The molecule has 1 aliphatic rings. The number of fused-ring (bicyclic) bond motifs is 1. The number of hydrogen-bond donors (Lipinski definition) is 0. The molecule has 0 amide bonds. The van der Waals surface area contributed by atoms with Crippen molar-refractivity contribution in [2.24, 2.45) is 0 Å². The molecule has 25 heavy (non-hydrogen) atoms. The maximum Gasteiger partial charge on any atom is 0.269 e.